The molecule has 0 aliphatic heterocycles. The minimum atomic E-state index is -0.396. The van der Waals surface area contributed by atoms with Gasteiger partial charge in [-0.05, 0) is 6.42 Å². The highest BCUT2D eigenvalue weighted by molar-refractivity contribution is 9.06. The molecule has 0 radical (unpaired) electrons. The summed E-state index contributed by atoms with van der Waals surface area (Å²) in [4.78, 5) is 20.9. The lowest BCUT2D eigenvalue weighted by atomic mass is 10.2. The van der Waals surface area contributed by atoms with E-state index in [9.17, 15) is 9.59 Å². The van der Waals surface area contributed by atoms with Crippen molar-refractivity contribution < 1.29 is 17.2 Å². The fourth-order valence-electron chi connectivity index (χ4n) is 0.454. The summed E-state index contributed by atoms with van der Waals surface area (Å²) in [5.41, 5.74) is 0. The van der Waals surface area contributed by atoms with E-state index in [2.05, 4.69) is 40.2 Å². The molecular weight excluding hydrogens is 284 g/mol. The zero-order chi connectivity index (χ0) is 8.69. The number of halogens is 2. The molecule has 0 spiro atoms. The van der Waals surface area contributed by atoms with Crippen LogP contribution >= 0.6 is 32.5 Å². The van der Waals surface area contributed by atoms with Gasteiger partial charge in [0.25, 0.3) is 0 Å². The average molecular weight is 290 g/mol. The fraction of sp³-hybridized carbons (Fsp3) is 0.600. The first-order chi connectivity index (χ1) is 5.20. The van der Waals surface area contributed by atoms with Gasteiger partial charge in [-0.3, -0.25) is 9.59 Å². The molecule has 0 unspecified atom stereocenters. The summed E-state index contributed by atoms with van der Waals surface area (Å²) in [6, 6.07) is 0. The van der Waals surface area contributed by atoms with Crippen LogP contribution in [0.5, 0.6) is 0 Å². The van der Waals surface area contributed by atoms with Crippen molar-refractivity contribution in [2.45, 2.75) is 19.3 Å². The second-order valence-corrected chi connectivity index (χ2v) is 2.40. The fourth-order valence-corrected chi connectivity index (χ4v) is 0.778. The topological polar surface area (TPSA) is 52.6 Å². The summed E-state index contributed by atoms with van der Waals surface area (Å²) in [5, 5.41) is 0. The van der Waals surface area contributed by atoms with E-state index in [0.717, 1.165) is 0 Å². The van der Waals surface area contributed by atoms with Gasteiger partial charge in [0.15, 0.2) is 32.5 Å². The second kappa shape index (κ2) is 6.60. The van der Waals surface area contributed by atoms with Crippen molar-refractivity contribution in [3.05, 3.63) is 0 Å². The van der Waals surface area contributed by atoms with Crippen molar-refractivity contribution in [3.63, 3.8) is 0 Å². The summed E-state index contributed by atoms with van der Waals surface area (Å²) in [5.74, 6) is -0.792. The highest BCUT2D eigenvalue weighted by Gasteiger charge is 2.05. The lowest BCUT2D eigenvalue weighted by Gasteiger charge is -1.95. The van der Waals surface area contributed by atoms with E-state index < -0.39 is 11.9 Å². The average Bonchev–Trinajstić information content (AvgIpc) is 2.04. The predicted molar refractivity (Wildman–Crippen MR) is 43.9 cm³/mol. The summed E-state index contributed by atoms with van der Waals surface area (Å²) < 4.78 is 8.35. The SMILES string of the molecule is O=C(CCCC(=O)OBr)OBr. The van der Waals surface area contributed by atoms with Crippen LogP contribution in [0.4, 0.5) is 0 Å². The van der Waals surface area contributed by atoms with E-state index in [-0.39, 0.29) is 12.8 Å². The molecular formula is C5H6Br2O4. The number of hydrogen-bond donors (Lipinski definition) is 0. The van der Waals surface area contributed by atoms with Gasteiger partial charge in [-0.25, -0.2) is 0 Å². The van der Waals surface area contributed by atoms with Gasteiger partial charge in [-0.2, -0.15) is 0 Å². The summed E-state index contributed by atoms with van der Waals surface area (Å²) in [6.07, 6.45) is 0.829. The van der Waals surface area contributed by atoms with E-state index in [1.54, 1.807) is 0 Å². The van der Waals surface area contributed by atoms with Crippen LogP contribution in [0.25, 0.3) is 0 Å². The van der Waals surface area contributed by atoms with Gasteiger partial charge in [0.1, 0.15) is 0 Å². The minimum absolute atomic E-state index is 0.202. The molecule has 0 aliphatic rings. The van der Waals surface area contributed by atoms with Gasteiger partial charge in [0, 0.05) is 12.8 Å². The largest absolute Gasteiger partial charge is 0.384 e. The molecule has 0 atom stereocenters. The van der Waals surface area contributed by atoms with Gasteiger partial charge in [-0.1, -0.05) is 0 Å². The molecule has 0 fully saturated rings. The van der Waals surface area contributed by atoms with Gasteiger partial charge in [0.2, 0.25) is 0 Å². The van der Waals surface area contributed by atoms with Crippen LogP contribution in [0.3, 0.4) is 0 Å². The number of rotatable bonds is 4. The molecule has 0 saturated carbocycles. The van der Waals surface area contributed by atoms with E-state index in [1.165, 1.54) is 0 Å². The van der Waals surface area contributed by atoms with Gasteiger partial charge in [0.05, 0.1) is 0 Å². The molecule has 4 nitrogen and oxygen atoms in total. The Labute approximate surface area is 81.1 Å². The van der Waals surface area contributed by atoms with Crippen molar-refractivity contribution in [2.75, 3.05) is 0 Å². The number of carbonyl (C=O) groups excluding carboxylic acids is 2. The Bertz CT molecular complexity index is 131. The van der Waals surface area contributed by atoms with Crippen LogP contribution in [-0.4, -0.2) is 11.9 Å². The van der Waals surface area contributed by atoms with Crippen LogP contribution in [0, 0.1) is 0 Å². The Hall–Kier alpha value is -0.100. The molecule has 64 valence electrons. The standard InChI is InChI=1S/C5H6Br2O4/c6-10-4(8)2-1-3-5(9)11-7/h1-3H2. The van der Waals surface area contributed by atoms with E-state index in [4.69, 9.17) is 0 Å². The van der Waals surface area contributed by atoms with E-state index >= 15 is 0 Å². The Kier molecular flexibility index (Phi) is 6.54. The Morgan fingerprint density at radius 3 is 1.64 bits per heavy atom. The van der Waals surface area contributed by atoms with Crippen molar-refractivity contribution >= 4 is 44.5 Å². The summed E-state index contributed by atoms with van der Waals surface area (Å²) >= 11 is 5.05. The zero-order valence-corrected chi connectivity index (χ0v) is 8.68. The zero-order valence-electron chi connectivity index (χ0n) is 5.51. The normalized spacial score (nSPS) is 8.91. The number of hydrogen-bond acceptors (Lipinski definition) is 4. The molecule has 0 amide bonds. The van der Waals surface area contributed by atoms with Crippen molar-refractivity contribution in [1.82, 2.24) is 0 Å². The van der Waals surface area contributed by atoms with Crippen molar-refractivity contribution in [1.29, 1.82) is 0 Å². The van der Waals surface area contributed by atoms with Gasteiger partial charge < -0.3 is 7.66 Å². The molecule has 11 heavy (non-hydrogen) atoms. The number of carbonyl (C=O) groups is 2. The third-order valence-corrected chi connectivity index (χ3v) is 1.66. The first-order valence-electron chi connectivity index (χ1n) is 2.83. The van der Waals surface area contributed by atoms with Crippen LogP contribution in [0.15, 0.2) is 0 Å². The Morgan fingerprint density at radius 2 is 1.36 bits per heavy atom. The molecule has 0 bridgehead atoms. The predicted octanol–water partition coefficient (Wildman–Crippen LogP) is 1.86. The van der Waals surface area contributed by atoms with Crippen molar-refractivity contribution in [2.24, 2.45) is 0 Å². The quantitative estimate of drug-likeness (QED) is 0.793. The Balaban J connectivity index is 3.27. The molecule has 0 rings (SSSR count). The maximum absolute atomic E-state index is 10.4. The van der Waals surface area contributed by atoms with E-state index in [0.29, 0.717) is 6.42 Å². The third-order valence-electron chi connectivity index (χ3n) is 0.934. The van der Waals surface area contributed by atoms with Crippen LogP contribution in [-0.2, 0) is 17.2 Å². The first kappa shape index (κ1) is 10.9. The van der Waals surface area contributed by atoms with Gasteiger partial charge in [-0.15, -0.1) is 0 Å². The van der Waals surface area contributed by atoms with Crippen LogP contribution < -0.4 is 0 Å². The van der Waals surface area contributed by atoms with Crippen molar-refractivity contribution in [3.8, 4) is 0 Å². The van der Waals surface area contributed by atoms with Gasteiger partial charge >= 0.3 is 11.9 Å². The third kappa shape index (κ3) is 6.30. The summed E-state index contributed by atoms with van der Waals surface area (Å²) in [7, 11) is 0. The highest BCUT2D eigenvalue weighted by atomic mass is 79.9. The molecule has 0 heterocycles. The molecule has 0 aromatic rings. The minimum Gasteiger partial charge on any atom is -0.384 e. The first-order valence-corrected chi connectivity index (χ1v) is 4.13. The maximum Gasteiger partial charge on any atom is 0.317 e. The molecule has 0 aromatic carbocycles. The smallest absolute Gasteiger partial charge is 0.317 e. The molecule has 0 aromatic heterocycles. The summed E-state index contributed by atoms with van der Waals surface area (Å²) in [6.45, 7) is 0. The monoisotopic (exact) mass is 288 g/mol. The molecule has 0 aliphatic carbocycles. The van der Waals surface area contributed by atoms with E-state index in [1.807, 2.05) is 0 Å². The van der Waals surface area contributed by atoms with Crippen LogP contribution in [0.1, 0.15) is 19.3 Å². The Morgan fingerprint density at radius 1 is 1.00 bits per heavy atom. The lowest BCUT2D eigenvalue weighted by Crippen LogP contribution is -2.00. The molecule has 0 saturated heterocycles. The molecule has 0 N–H and O–H groups in total. The molecule has 6 heteroatoms. The second-order valence-electron chi connectivity index (χ2n) is 1.75. The maximum atomic E-state index is 10.4. The highest BCUT2D eigenvalue weighted by Crippen LogP contribution is 2.02. The lowest BCUT2D eigenvalue weighted by molar-refractivity contribution is -0.133. The van der Waals surface area contributed by atoms with Crippen LogP contribution in [0.2, 0.25) is 0 Å².